The Bertz CT molecular complexity index is 881. The predicted molar refractivity (Wildman–Crippen MR) is 109 cm³/mol. The van der Waals surface area contributed by atoms with Gasteiger partial charge >= 0.3 is 0 Å². The molecule has 0 spiro atoms. The quantitative estimate of drug-likeness (QED) is 0.639. The van der Waals surface area contributed by atoms with Crippen LogP contribution in [0.4, 0.5) is 0 Å². The molecule has 0 saturated heterocycles. The van der Waals surface area contributed by atoms with E-state index >= 15 is 0 Å². The van der Waals surface area contributed by atoms with Crippen LogP contribution in [-0.4, -0.2) is 21.6 Å². The minimum atomic E-state index is -0.0860. The molecule has 0 radical (unpaired) electrons. The molecule has 0 aliphatic rings. The van der Waals surface area contributed by atoms with E-state index in [0.29, 0.717) is 11.4 Å². The standard InChI is InChI=1S/C21H25N3O2S/c1-14(2)18-19(27-21(23-18)24-11-5-6-12-24)20(25)22-13-16-7-9-17(10-8-16)26-15(3)4/h5-12,14-15H,13H2,1-4H3,(H,22,25). The maximum absolute atomic E-state index is 12.8. The summed E-state index contributed by atoms with van der Waals surface area (Å²) in [7, 11) is 0. The van der Waals surface area contributed by atoms with Crippen LogP contribution in [0.3, 0.4) is 0 Å². The summed E-state index contributed by atoms with van der Waals surface area (Å²) >= 11 is 1.42. The second-order valence-electron chi connectivity index (χ2n) is 6.95. The van der Waals surface area contributed by atoms with Gasteiger partial charge in [-0.05, 0) is 49.6 Å². The van der Waals surface area contributed by atoms with E-state index < -0.39 is 0 Å². The van der Waals surface area contributed by atoms with Gasteiger partial charge in [-0.15, -0.1) is 0 Å². The molecule has 5 nitrogen and oxygen atoms in total. The van der Waals surface area contributed by atoms with Gasteiger partial charge in [-0.1, -0.05) is 37.3 Å². The lowest BCUT2D eigenvalue weighted by Crippen LogP contribution is -2.23. The van der Waals surface area contributed by atoms with Crippen LogP contribution < -0.4 is 10.1 Å². The normalized spacial score (nSPS) is 11.2. The fourth-order valence-corrected chi connectivity index (χ4v) is 3.77. The minimum Gasteiger partial charge on any atom is -0.491 e. The van der Waals surface area contributed by atoms with Crippen LogP contribution in [0.25, 0.3) is 5.13 Å². The van der Waals surface area contributed by atoms with E-state index in [-0.39, 0.29) is 17.9 Å². The van der Waals surface area contributed by atoms with Crippen molar-refractivity contribution in [3.05, 3.63) is 64.9 Å². The molecule has 2 aromatic heterocycles. The number of amides is 1. The number of benzene rings is 1. The summed E-state index contributed by atoms with van der Waals surface area (Å²) in [5.41, 5.74) is 1.86. The number of nitrogens with one attached hydrogen (secondary N) is 1. The number of carbonyl (C=O) groups is 1. The van der Waals surface area contributed by atoms with Crippen LogP contribution >= 0.6 is 11.3 Å². The number of aromatic nitrogens is 2. The van der Waals surface area contributed by atoms with Crippen LogP contribution in [0.1, 0.15) is 54.5 Å². The first-order valence-electron chi connectivity index (χ1n) is 9.12. The van der Waals surface area contributed by atoms with Crippen LogP contribution in [0, 0.1) is 0 Å². The van der Waals surface area contributed by atoms with Crippen molar-refractivity contribution in [2.75, 3.05) is 0 Å². The Morgan fingerprint density at radius 1 is 1.15 bits per heavy atom. The number of thiazole rings is 1. The van der Waals surface area contributed by atoms with E-state index in [1.165, 1.54) is 11.3 Å². The highest BCUT2D eigenvalue weighted by Crippen LogP contribution is 2.27. The predicted octanol–water partition coefficient (Wildman–Crippen LogP) is 4.77. The van der Waals surface area contributed by atoms with E-state index in [9.17, 15) is 4.79 Å². The van der Waals surface area contributed by atoms with E-state index in [1.54, 1.807) is 0 Å². The molecule has 1 aromatic carbocycles. The minimum absolute atomic E-state index is 0.0860. The Hall–Kier alpha value is -2.60. The molecule has 0 aliphatic heterocycles. The molecule has 0 bridgehead atoms. The molecule has 0 saturated carbocycles. The Labute approximate surface area is 164 Å². The number of hydrogen-bond donors (Lipinski definition) is 1. The number of hydrogen-bond acceptors (Lipinski definition) is 4. The number of carbonyl (C=O) groups excluding carboxylic acids is 1. The first kappa shape index (κ1) is 19.2. The third kappa shape index (κ3) is 4.77. The molecule has 0 unspecified atom stereocenters. The van der Waals surface area contributed by atoms with E-state index in [2.05, 4.69) is 24.1 Å². The Morgan fingerprint density at radius 2 is 1.81 bits per heavy atom. The van der Waals surface area contributed by atoms with E-state index in [4.69, 9.17) is 4.74 Å². The molecule has 142 valence electrons. The van der Waals surface area contributed by atoms with Crippen molar-refractivity contribution in [3.63, 3.8) is 0 Å². The van der Waals surface area contributed by atoms with Gasteiger partial charge in [-0.3, -0.25) is 4.79 Å². The van der Waals surface area contributed by atoms with E-state index in [0.717, 1.165) is 22.1 Å². The van der Waals surface area contributed by atoms with Gasteiger partial charge in [0.05, 0.1) is 11.8 Å². The molecule has 0 aliphatic carbocycles. The second kappa shape index (κ2) is 8.39. The summed E-state index contributed by atoms with van der Waals surface area (Å²) in [5.74, 6) is 0.928. The van der Waals surface area contributed by atoms with Gasteiger partial charge in [0.1, 0.15) is 10.6 Å². The molecule has 0 fully saturated rings. The van der Waals surface area contributed by atoms with Crippen molar-refractivity contribution in [3.8, 4) is 10.9 Å². The van der Waals surface area contributed by atoms with Gasteiger partial charge in [0.15, 0.2) is 5.13 Å². The van der Waals surface area contributed by atoms with Gasteiger partial charge in [0, 0.05) is 18.9 Å². The van der Waals surface area contributed by atoms with E-state index in [1.807, 2.05) is 67.2 Å². The summed E-state index contributed by atoms with van der Waals surface area (Å²) in [5, 5.41) is 3.82. The Morgan fingerprint density at radius 3 is 2.41 bits per heavy atom. The summed E-state index contributed by atoms with van der Waals surface area (Å²) in [6, 6.07) is 11.7. The molecule has 1 N–H and O–H groups in total. The van der Waals surface area contributed by atoms with Crippen molar-refractivity contribution in [1.82, 2.24) is 14.9 Å². The molecule has 27 heavy (non-hydrogen) atoms. The van der Waals surface area contributed by atoms with Crippen molar-refractivity contribution >= 4 is 17.2 Å². The zero-order valence-corrected chi connectivity index (χ0v) is 16.9. The fourth-order valence-electron chi connectivity index (χ4n) is 2.67. The maximum atomic E-state index is 12.8. The van der Waals surface area contributed by atoms with Crippen LogP contribution in [-0.2, 0) is 6.54 Å². The van der Waals surface area contributed by atoms with Crippen molar-refractivity contribution in [2.24, 2.45) is 0 Å². The highest BCUT2D eigenvalue weighted by Gasteiger charge is 2.20. The number of ether oxygens (including phenoxy) is 1. The topological polar surface area (TPSA) is 56.1 Å². The molecular formula is C21H25N3O2S. The smallest absolute Gasteiger partial charge is 0.263 e. The van der Waals surface area contributed by atoms with Gasteiger partial charge in [0.2, 0.25) is 0 Å². The Kier molecular flexibility index (Phi) is 5.96. The molecule has 6 heteroatoms. The van der Waals surface area contributed by atoms with Gasteiger partial charge < -0.3 is 14.6 Å². The van der Waals surface area contributed by atoms with Gasteiger partial charge in [-0.25, -0.2) is 4.98 Å². The zero-order valence-electron chi connectivity index (χ0n) is 16.1. The summed E-state index contributed by atoms with van der Waals surface area (Å²) in [4.78, 5) is 18.1. The highest BCUT2D eigenvalue weighted by molar-refractivity contribution is 7.16. The summed E-state index contributed by atoms with van der Waals surface area (Å²) < 4.78 is 7.58. The summed E-state index contributed by atoms with van der Waals surface area (Å²) in [6.45, 7) is 8.57. The van der Waals surface area contributed by atoms with Crippen molar-refractivity contribution in [1.29, 1.82) is 0 Å². The lowest BCUT2D eigenvalue weighted by atomic mass is 10.1. The SMILES string of the molecule is CC(C)Oc1ccc(CNC(=O)c2sc(-n3cccc3)nc2C(C)C)cc1. The van der Waals surface area contributed by atoms with Crippen LogP contribution in [0.2, 0.25) is 0 Å². The average molecular weight is 384 g/mol. The molecule has 2 heterocycles. The molecule has 1 amide bonds. The monoisotopic (exact) mass is 383 g/mol. The second-order valence-corrected chi connectivity index (χ2v) is 7.93. The van der Waals surface area contributed by atoms with Crippen molar-refractivity contribution in [2.45, 2.75) is 46.3 Å². The molecular weight excluding hydrogens is 358 g/mol. The molecule has 0 atom stereocenters. The lowest BCUT2D eigenvalue weighted by molar-refractivity contribution is 0.0953. The van der Waals surface area contributed by atoms with Crippen LogP contribution in [0.15, 0.2) is 48.8 Å². The fraction of sp³-hybridized carbons (Fsp3) is 0.333. The van der Waals surface area contributed by atoms with Crippen molar-refractivity contribution < 1.29 is 9.53 Å². The maximum Gasteiger partial charge on any atom is 0.263 e. The molecule has 3 rings (SSSR count). The first-order chi connectivity index (χ1) is 12.9. The zero-order chi connectivity index (χ0) is 19.4. The third-order valence-electron chi connectivity index (χ3n) is 3.97. The van der Waals surface area contributed by atoms with Gasteiger partial charge in [-0.2, -0.15) is 0 Å². The van der Waals surface area contributed by atoms with Crippen LogP contribution in [0.5, 0.6) is 5.75 Å². The third-order valence-corrected chi connectivity index (χ3v) is 5.05. The average Bonchev–Trinajstić information content (AvgIpc) is 3.29. The van der Waals surface area contributed by atoms with Gasteiger partial charge in [0.25, 0.3) is 5.91 Å². The first-order valence-corrected chi connectivity index (χ1v) is 9.93. The summed E-state index contributed by atoms with van der Waals surface area (Å²) in [6.07, 6.45) is 4.02. The lowest BCUT2D eigenvalue weighted by Gasteiger charge is -2.10. The number of nitrogens with zero attached hydrogens (tertiary/aromatic N) is 2. The highest BCUT2D eigenvalue weighted by atomic mass is 32.1. The molecule has 3 aromatic rings. The number of rotatable bonds is 7. The largest absolute Gasteiger partial charge is 0.491 e. The Balaban J connectivity index is 1.70.